The number of nitrogens with zero attached hydrogens (tertiary/aromatic N) is 3. The van der Waals surface area contributed by atoms with E-state index >= 15 is 0 Å². The Morgan fingerprint density at radius 1 is 1.52 bits per heavy atom. The molecule has 0 aliphatic heterocycles. The molecule has 0 spiro atoms. The fourth-order valence-electron chi connectivity index (χ4n) is 1.68. The third-order valence-corrected chi connectivity index (χ3v) is 3.01. The van der Waals surface area contributed by atoms with E-state index in [1.54, 1.807) is 7.11 Å². The molecule has 1 aromatic rings. The highest BCUT2D eigenvalue weighted by Crippen LogP contribution is 2.10. The molecule has 0 radical (unpaired) electrons. The van der Waals surface area contributed by atoms with Crippen molar-refractivity contribution >= 4 is 11.7 Å². The van der Waals surface area contributed by atoms with Gasteiger partial charge in [-0.3, -0.25) is 4.79 Å². The summed E-state index contributed by atoms with van der Waals surface area (Å²) in [6.07, 6.45) is 1.49. The minimum absolute atomic E-state index is 0.277. The molecule has 1 unspecified atom stereocenters. The van der Waals surface area contributed by atoms with Gasteiger partial charge in [-0.15, -0.1) is 0 Å². The van der Waals surface area contributed by atoms with E-state index in [0.29, 0.717) is 18.8 Å². The molecule has 0 saturated carbocycles. The quantitative estimate of drug-likeness (QED) is 0.662. The standard InChI is InChI=1S/C13H21N3O5/c1-13(19,12(18)21-4)9-16-11(17)7-10(8-14-16)15(2)5-6-20-3/h7-8,19H,5-6,9H2,1-4H3. The normalized spacial score (nSPS) is 13.6. The number of methoxy groups -OCH3 is 2. The number of anilines is 1. The second-order valence-corrected chi connectivity index (χ2v) is 4.89. The van der Waals surface area contributed by atoms with Gasteiger partial charge in [-0.1, -0.05) is 0 Å². The topological polar surface area (TPSA) is 93.9 Å². The zero-order valence-corrected chi connectivity index (χ0v) is 12.7. The fraction of sp³-hybridized carbons (Fsp3) is 0.615. The van der Waals surface area contributed by atoms with Crippen LogP contribution in [0.1, 0.15) is 6.92 Å². The summed E-state index contributed by atoms with van der Waals surface area (Å²) in [7, 11) is 4.57. The summed E-state index contributed by atoms with van der Waals surface area (Å²) in [5.41, 5.74) is -1.60. The third kappa shape index (κ3) is 4.54. The Kier molecular flexibility index (Phi) is 5.86. The highest BCUT2D eigenvalue weighted by atomic mass is 16.5. The molecule has 21 heavy (non-hydrogen) atoms. The molecule has 118 valence electrons. The Hall–Kier alpha value is -1.93. The van der Waals surface area contributed by atoms with Crippen molar-refractivity contribution in [2.75, 3.05) is 39.3 Å². The van der Waals surface area contributed by atoms with Crippen LogP contribution in [0.5, 0.6) is 0 Å². The van der Waals surface area contributed by atoms with Gasteiger partial charge in [0.25, 0.3) is 5.56 Å². The molecule has 1 aromatic heterocycles. The molecule has 0 aromatic carbocycles. The van der Waals surface area contributed by atoms with E-state index in [1.165, 1.54) is 26.3 Å². The summed E-state index contributed by atoms with van der Waals surface area (Å²) in [4.78, 5) is 25.2. The lowest BCUT2D eigenvalue weighted by atomic mass is 10.1. The minimum atomic E-state index is -1.81. The first-order valence-electron chi connectivity index (χ1n) is 6.40. The van der Waals surface area contributed by atoms with Crippen LogP contribution in [-0.2, 0) is 20.8 Å². The Balaban J connectivity index is 2.89. The van der Waals surface area contributed by atoms with Crippen molar-refractivity contribution in [2.24, 2.45) is 0 Å². The molecule has 1 heterocycles. The van der Waals surface area contributed by atoms with Crippen LogP contribution < -0.4 is 10.5 Å². The minimum Gasteiger partial charge on any atom is -0.467 e. The van der Waals surface area contributed by atoms with Crippen molar-refractivity contribution in [1.29, 1.82) is 0 Å². The number of carbonyl (C=O) groups is 1. The Morgan fingerprint density at radius 3 is 2.71 bits per heavy atom. The number of ether oxygens (including phenoxy) is 2. The number of hydrogen-bond acceptors (Lipinski definition) is 7. The average molecular weight is 299 g/mol. The van der Waals surface area contributed by atoms with Gasteiger partial charge in [0.05, 0.1) is 32.1 Å². The molecule has 0 aliphatic rings. The fourth-order valence-corrected chi connectivity index (χ4v) is 1.68. The zero-order valence-electron chi connectivity index (χ0n) is 12.7. The van der Waals surface area contributed by atoms with Crippen molar-refractivity contribution in [3.05, 3.63) is 22.6 Å². The van der Waals surface area contributed by atoms with Crippen LogP contribution in [0.2, 0.25) is 0 Å². The van der Waals surface area contributed by atoms with Gasteiger partial charge in [-0.05, 0) is 6.92 Å². The van der Waals surface area contributed by atoms with Crippen LogP contribution in [0.3, 0.4) is 0 Å². The van der Waals surface area contributed by atoms with E-state index in [2.05, 4.69) is 9.84 Å². The number of likely N-dealkylation sites (N-methyl/N-ethyl adjacent to an activating group) is 1. The van der Waals surface area contributed by atoms with Crippen molar-refractivity contribution < 1.29 is 19.4 Å². The van der Waals surface area contributed by atoms with Gasteiger partial charge in [-0.25, -0.2) is 9.48 Å². The average Bonchev–Trinajstić information content (AvgIpc) is 2.45. The zero-order chi connectivity index (χ0) is 16.0. The van der Waals surface area contributed by atoms with Crippen LogP contribution in [0.25, 0.3) is 0 Å². The molecule has 8 nitrogen and oxygen atoms in total. The number of aromatic nitrogens is 2. The van der Waals surface area contributed by atoms with E-state index in [-0.39, 0.29) is 6.54 Å². The second kappa shape index (κ2) is 7.19. The van der Waals surface area contributed by atoms with Gasteiger partial charge in [0.15, 0.2) is 5.60 Å². The molecule has 1 atom stereocenters. The first-order chi connectivity index (χ1) is 9.81. The Labute approximate surface area is 122 Å². The SMILES string of the molecule is COCCN(C)c1cnn(CC(C)(O)C(=O)OC)c(=O)c1. The van der Waals surface area contributed by atoms with Gasteiger partial charge < -0.3 is 19.5 Å². The highest BCUT2D eigenvalue weighted by Gasteiger charge is 2.32. The summed E-state index contributed by atoms with van der Waals surface area (Å²) < 4.78 is 10.5. The third-order valence-electron chi connectivity index (χ3n) is 3.01. The van der Waals surface area contributed by atoms with Crippen molar-refractivity contribution in [2.45, 2.75) is 19.1 Å². The summed E-state index contributed by atoms with van der Waals surface area (Å²) >= 11 is 0. The summed E-state index contributed by atoms with van der Waals surface area (Å²) in [6.45, 7) is 2.13. The predicted octanol–water partition coefficient (Wildman–Crippen LogP) is -0.750. The van der Waals surface area contributed by atoms with E-state index in [1.807, 2.05) is 11.9 Å². The molecule has 0 amide bonds. The molecule has 0 bridgehead atoms. The first kappa shape index (κ1) is 17.1. The van der Waals surface area contributed by atoms with Crippen LogP contribution in [0.15, 0.2) is 17.1 Å². The van der Waals surface area contributed by atoms with Crippen LogP contribution in [-0.4, -0.2) is 60.9 Å². The Morgan fingerprint density at radius 2 is 2.19 bits per heavy atom. The highest BCUT2D eigenvalue weighted by molar-refractivity contribution is 5.78. The largest absolute Gasteiger partial charge is 0.467 e. The van der Waals surface area contributed by atoms with E-state index in [0.717, 1.165) is 4.68 Å². The van der Waals surface area contributed by atoms with Gasteiger partial charge in [0.1, 0.15) is 0 Å². The van der Waals surface area contributed by atoms with E-state index < -0.39 is 17.1 Å². The summed E-state index contributed by atoms with van der Waals surface area (Å²) in [5.74, 6) is -0.822. The smallest absolute Gasteiger partial charge is 0.339 e. The van der Waals surface area contributed by atoms with Gasteiger partial charge in [0.2, 0.25) is 0 Å². The molecule has 0 aliphatic carbocycles. The summed E-state index contributed by atoms with van der Waals surface area (Å²) in [5, 5.41) is 13.9. The van der Waals surface area contributed by atoms with Crippen LogP contribution in [0.4, 0.5) is 5.69 Å². The maximum absolute atomic E-state index is 12.0. The monoisotopic (exact) mass is 299 g/mol. The summed E-state index contributed by atoms with van der Waals surface area (Å²) in [6, 6.07) is 1.38. The number of aliphatic hydroxyl groups is 1. The molecule has 1 N–H and O–H groups in total. The van der Waals surface area contributed by atoms with Gasteiger partial charge >= 0.3 is 5.97 Å². The first-order valence-corrected chi connectivity index (χ1v) is 6.40. The lowest BCUT2D eigenvalue weighted by Crippen LogP contribution is -2.43. The van der Waals surface area contributed by atoms with Crippen LogP contribution in [0, 0.1) is 0 Å². The molecule has 1 rings (SSSR count). The van der Waals surface area contributed by atoms with Crippen molar-refractivity contribution in [3.63, 3.8) is 0 Å². The lowest BCUT2D eigenvalue weighted by Gasteiger charge is -2.21. The maximum atomic E-state index is 12.0. The number of rotatable bonds is 7. The number of carbonyl (C=O) groups excluding carboxylic acids is 1. The van der Waals surface area contributed by atoms with Crippen LogP contribution >= 0.6 is 0 Å². The van der Waals surface area contributed by atoms with Gasteiger partial charge in [0, 0.05) is 26.8 Å². The molecule has 0 saturated heterocycles. The lowest BCUT2D eigenvalue weighted by molar-refractivity contribution is -0.162. The number of hydrogen-bond donors (Lipinski definition) is 1. The Bertz CT molecular complexity index is 541. The predicted molar refractivity (Wildman–Crippen MR) is 76.3 cm³/mol. The van der Waals surface area contributed by atoms with Crippen molar-refractivity contribution in [3.8, 4) is 0 Å². The van der Waals surface area contributed by atoms with Crippen molar-refractivity contribution in [1.82, 2.24) is 9.78 Å². The van der Waals surface area contributed by atoms with E-state index in [4.69, 9.17) is 4.74 Å². The maximum Gasteiger partial charge on any atom is 0.339 e. The van der Waals surface area contributed by atoms with Gasteiger partial charge in [-0.2, -0.15) is 5.10 Å². The molecule has 0 fully saturated rings. The molecule has 8 heteroatoms. The second-order valence-electron chi connectivity index (χ2n) is 4.89. The molecular weight excluding hydrogens is 278 g/mol. The molecular formula is C13H21N3O5. The van der Waals surface area contributed by atoms with E-state index in [9.17, 15) is 14.7 Å². The number of esters is 1.